The van der Waals surface area contributed by atoms with E-state index in [4.69, 9.17) is 0 Å². The minimum absolute atomic E-state index is 0.126. The first kappa shape index (κ1) is 22.2. The fourth-order valence-electron chi connectivity index (χ4n) is 4.91. The van der Waals surface area contributed by atoms with E-state index in [9.17, 15) is 9.59 Å². The maximum Gasteiger partial charge on any atom is 0.234 e. The number of rotatable bonds is 4. The van der Waals surface area contributed by atoms with Gasteiger partial charge in [-0.2, -0.15) is 0 Å². The van der Waals surface area contributed by atoms with E-state index in [1.54, 1.807) is 11.3 Å². The highest BCUT2D eigenvalue weighted by Gasteiger charge is 2.50. The molecule has 0 spiro atoms. The lowest BCUT2D eigenvalue weighted by Gasteiger charge is -2.31. The van der Waals surface area contributed by atoms with Crippen LogP contribution in [0.1, 0.15) is 39.3 Å². The number of hydrogen-bond donors (Lipinski definition) is 0. The van der Waals surface area contributed by atoms with Crippen LogP contribution in [0.25, 0.3) is 5.57 Å². The Kier molecular flexibility index (Phi) is 5.48. The molecule has 2 amide bonds. The molecule has 1 aliphatic heterocycles. The highest BCUT2D eigenvalue weighted by molar-refractivity contribution is 9.12. The second-order valence-electron chi connectivity index (χ2n) is 8.23. The Morgan fingerprint density at radius 3 is 2.06 bits per heavy atom. The first-order valence-electron chi connectivity index (χ1n) is 10.8. The van der Waals surface area contributed by atoms with Crippen molar-refractivity contribution in [3.8, 4) is 0 Å². The third-order valence-corrected chi connectivity index (χ3v) is 10.3. The molecule has 3 nitrogen and oxygen atoms in total. The number of amides is 2. The Bertz CT molecular complexity index is 1460. The van der Waals surface area contributed by atoms with Crippen LogP contribution in [0.2, 0.25) is 0 Å². The average Bonchev–Trinajstić information content (AvgIpc) is 3.59. The molecule has 3 heterocycles. The predicted molar refractivity (Wildman–Crippen MR) is 146 cm³/mol. The van der Waals surface area contributed by atoms with Gasteiger partial charge in [0.2, 0.25) is 11.8 Å². The fraction of sp³-hybridized carbons (Fsp3) is 0.111. The number of allylic oxidation sites excluding steroid dienone is 1. The van der Waals surface area contributed by atoms with Crippen LogP contribution >= 0.6 is 54.5 Å². The van der Waals surface area contributed by atoms with Gasteiger partial charge < -0.3 is 0 Å². The minimum Gasteiger partial charge on any atom is -0.274 e. The zero-order valence-corrected chi connectivity index (χ0v) is 22.6. The summed E-state index contributed by atoms with van der Waals surface area (Å²) < 4.78 is 2.12. The van der Waals surface area contributed by atoms with Gasteiger partial charge in [-0.3, -0.25) is 9.59 Å². The monoisotopic (exact) mass is 609 g/mol. The van der Waals surface area contributed by atoms with Crippen LogP contribution in [-0.2, 0) is 15.0 Å². The van der Waals surface area contributed by atoms with Gasteiger partial charge in [-0.25, -0.2) is 4.90 Å². The summed E-state index contributed by atoms with van der Waals surface area (Å²) in [6.07, 6.45) is 0.544. The van der Waals surface area contributed by atoms with Gasteiger partial charge in [0.25, 0.3) is 0 Å². The van der Waals surface area contributed by atoms with Crippen molar-refractivity contribution in [1.82, 2.24) is 0 Å². The average molecular weight is 611 g/mol. The number of carbonyl (C=O) groups excluding carboxylic acids is 2. The van der Waals surface area contributed by atoms with Crippen LogP contribution in [0.4, 0.5) is 5.00 Å². The lowest BCUT2D eigenvalue weighted by Crippen LogP contribution is -2.29. The number of nitrogens with zero attached hydrogens (tertiary/aromatic N) is 1. The topological polar surface area (TPSA) is 37.4 Å². The van der Waals surface area contributed by atoms with Crippen molar-refractivity contribution in [2.45, 2.75) is 18.3 Å². The Labute approximate surface area is 222 Å². The molecule has 1 atom stereocenters. The lowest BCUT2D eigenvalue weighted by molar-refractivity contribution is -0.121. The lowest BCUT2D eigenvalue weighted by atomic mass is 9.76. The van der Waals surface area contributed by atoms with E-state index >= 15 is 0 Å². The molecule has 7 heteroatoms. The molecule has 2 aliphatic rings. The van der Waals surface area contributed by atoms with Crippen LogP contribution in [0, 0.1) is 0 Å². The Hall–Kier alpha value is -2.32. The van der Waals surface area contributed by atoms with E-state index in [-0.39, 0.29) is 24.7 Å². The van der Waals surface area contributed by atoms with Gasteiger partial charge >= 0.3 is 0 Å². The number of fused-ring (bicyclic) bond motifs is 1. The zero-order valence-electron chi connectivity index (χ0n) is 17.8. The molecule has 0 bridgehead atoms. The van der Waals surface area contributed by atoms with E-state index in [0.717, 1.165) is 40.3 Å². The van der Waals surface area contributed by atoms with Crippen LogP contribution < -0.4 is 4.90 Å². The predicted octanol–water partition coefficient (Wildman–Crippen LogP) is 7.73. The zero-order chi connectivity index (χ0) is 23.4. The molecule has 34 heavy (non-hydrogen) atoms. The SMILES string of the molecule is O=C1CCC(=O)N1c1cc2c(s1)C(c1ccccc1)=C(Br)[C@]2(c1ccccc1)c1ccc(Br)s1. The van der Waals surface area contributed by atoms with Crippen molar-refractivity contribution in [2.75, 3.05) is 4.90 Å². The number of benzene rings is 2. The molecule has 1 aliphatic carbocycles. The van der Waals surface area contributed by atoms with Crippen molar-refractivity contribution >= 4 is 76.9 Å². The van der Waals surface area contributed by atoms with Gasteiger partial charge in [0, 0.05) is 32.7 Å². The van der Waals surface area contributed by atoms with Crippen molar-refractivity contribution < 1.29 is 9.59 Å². The van der Waals surface area contributed by atoms with E-state index in [2.05, 4.69) is 86.5 Å². The molecule has 0 saturated carbocycles. The number of imide groups is 1. The highest BCUT2D eigenvalue weighted by Crippen LogP contribution is 2.62. The summed E-state index contributed by atoms with van der Waals surface area (Å²) in [5.74, 6) is -0.253. The Morgan fingerprint density at radius 2 is 1.44 bits per heavy atom. The summed E-state index contributed by atoms with van der Waals surface area (Å²) in [6, 6.07) is 27.0. The third kappa shape index (κ3) is 3.18. The van der Waals surface area contributed by atoms with Crippen molar-refractivity contribution in [2.24, 2.45) is 0 Å². The molecule has 0 N–H and O–H groups in total. The smallest absolute Gasteiger partial charge is 0.234 e. The molecule has 1 saturated heterocycles. The third-order valence-electron chi connectivity index (χ3n) is 6.38. The van der Waals surface area contributed by atoms with Gasteiger partial charge in [-0.1, -0.05) is 76.6 Å². The van der Waals surface area contributed by atoms with E-state index in [0.29, 0.717) is 5.00 Å². The highest BCUT2D eigenvalue weighted by atomic mass is 79.9. The standard InChI is InChI=1S/C27H17Br2NO2S2/c28-20-12-11-19(33-20)27(17-9-5-2-6-10-17)18-15-23(30-21(31)13-14-22(30)32)34-25(18)24(26(27)29)16-7-3-1-4-8-16/h1-12,15H,13-14H2/t27-/m0/s1. The molecular weight excluding hydrogens is 594 g/mol. The molecule has 0 radical (unpaired) electrons. The Balaban J connectivity index is 1.71. The summed E-state index contributed by atoms with van der Waals surface area (Å²) in [5, 5.41) is 0.696. The van der Waals surface area contributed by atoms with Crippen molar-refractivity contribution in [1.29, 1.82) is 0 Å². The first-order chi connectivity index (χ1) is 16.5. The van der Waals surface area contributed by atoms with E-state index < -0.39 is 5.41 Å². The molecule has 4 aromatic rings. The first-order valence-corrected chi connectivity index (χ1v) is 14.0. The van der Waals surface area contributed by atoms with Crippen LogP contribution in [-0.4, -0.2) is 11.8 Å². The molecular formula is C27H17Br2NO2S2. The number of anilines is 1. The van der Waals surface area contributed by atoms with E-state index in [1.807, 2.05) is 24.3 Å². The summed E-state index contributed by atoms with van der Waals surface area (Å²) in [6.45, 7) is 0. The van der Waals surface area contributed by atoms with Gasteiger partial charge in [-0.15, -0.1) is 22.7 Å². The van der Waals surface area contributed by atoms with E-state index in [1.165, 1.54) is 16.2 Å². The van der Waals surface area contributed by atoms with Crippen LogP contribution in [0.15, 0.2) is 87.1 Å². The number of halogens is 2. The van der Waals surface area contributed by atoms with Gasteiger partial charge in [0.05, 0.1) is 9.20 Å². The largest absolute Gasteiger partial charge is 0.274 e. The second-order valence-corrected chi connectivity index (χ2v) is 12.5. The minimum atomic E-state index is -0.584. The number of thiophene rings is 2. The molecule has 1 fully saturated rings. The normalized spacial score (nSPS) is 19.9. The van der Waals surface area contributed by atoms with Crippen molar-refractivity contribution in [3.63, 3.8) is 0 Å². The quantitative estimate of drug-likeness (QED) is 0.222. The van der Waals surface area contributed by atoms with Gasteiger partial charge in [0.15, 0.2) is 0 Å². The summed E-state index contributed by atoms with van der Waals surface area (Å²) in [7, 11) is 0. The Morgan fingerprint density at radius 1 is 0.794 bits per heavy atom. The van der Waals surface area contributed by atoms with Crippen LogP contribution in [0.5, 0.6) is 0 Å². The van der Waals surface area contributed by atoms with Gasteiger partial charge in [0.1, 0.15) is 5.00 Å². The molecule has 2 aromatic carbocycles. The second kappa shape index (κ2) is 8.41. The fourth-order valence-corrected chi connectivity index (χ4v) is 9.20. The summed E-state index contributed by atoms with van der Waals surface area (Å²) >= 11 is 10.9. The molecule has 6 rings (SSSR count). The van der Waals surface area contributed by atoms with Crippen molar-refractivity contribution in [3.05, 3.63) is 114 Å². The molecule has 2 aromatic heterocycles. The maximum absolute atomic E-state index is 12.6. The summed E-state index contributed by atoms with van der Waals surface area (Å²) in [4.78, 5) is 28.9. The van der Waals surface area contributed by atoms with Crippen LogP contribution in [0.3, 0.4) is 0 Å². The molecule has 0 unspecified atom stereocenters. The number of hydrogen-bond acceptors (Lipinski definition) is 4. The molecule has 168 valence electrons. The van der Waals surface area contributed by atoms with Gasteiger partial charge in [-0.05, 0) is 50.8 Å². The summed E-state index contributed by atoms with van der Waals surface area (Å²) in [5.41, 5.74) is 3.83. The number of carbonyl (C=O) groups is 2. The maximum atomic E-state index is 12.6.